The zero-order chi connectivity index (χ0) is 18.5. The van der Waals surface area contributed by atoms with Gasteiger partial charge in [-0.1, -0.05) is 45.1 Å². The van der Waals surface area contributed by atoms with Gasteiger partial charge in [-0.2, -0.15) is 0 Å². The van der Waals surface area contributed by atoms with Crippen molar-refractivity contribution in [2.24, 2.45) is 11.8 Å². The second-order valence-electron chi connectivity index (χ2n) is 7.28. The summed E-state index contributed by atoms with van der Waals surface area (Å²) >= 11 is 0. The van der Waals surface area contributed by atoms with Crippen LogP contribution in [0.1, 0.15) is 84.0 Å². The number of methoxy groups -OCH3 is 1. The van der Waals surface area contributed by atoms with Crippen molar-refractivity contribution >= 4 is 11.8 Å². The monoisotopic (exact) mass is 352 g/mol. The standard InChI is InChI=1S/C21H36O4/c1-3-4-7-10-18(22)15-13-17-14-16-20(23)19(17)11-8-5-6-9-12-21(24)25-2/h13,15,17,19-20,23H,3-12,14,16H2,1-2H3/b15-13+. The summed E-state index contributed by atoms with van der Waals surface area (Å²) in [7, 11) is 1.42. The van der Waals surface area contributed by atoms with Gasteiger partial charge >= 0.3 is 5.97 Å². The van der Waals surface area contributed by atoms with Crippen molar-refractivity contribution in [3.05, 3.63) is 12.2 Å². The van der Waals surface area contributed by atoms with Gasteiger partial charge in [0.05, 0.1) is 13.2 Å². The zero-order valence-electron chi connectivity index (χ0n) is 16.0. The van der Waals surface area contributed by atoms with Crippen molar-refractivity contribution in [2.75, 3.05) is 7.11 Å². The summed E-state index contributed by atoms with van der Waals surface area (Å²) in [5.74, 6) is 0.692. The molecule has 3 atom stereocenters. The lowest BCUT2D eigenvalue weighted by Gasteiger charge is -2.19. The Morgan fingerprint density at radius 1 is 1.04 bits per heavy atom. The molecule has 0 aliphatic heterocycles. The molecule has 0 aromatic carbocycles. The highest BCUT2D eigenvalue weighted by molar-refractivity contribution is 5.89. The first-order valence-corrected chi connectivity index (χ1v) is 10.0. The van der Waals surface area contributed by atoms with Crippen LogP contribution in [0.15, 0.2) is 12.2 Å². The van der Waals surface area contributed by atoms with Gasteiger partial charge in [-0.25, -0.2) is 0 Å². The summed E-state index contributed by atoms with van der Waals surface area (Å²) in [5.41, 5.74) is 0. The predicted molar refractivity (Wildman–Crippen MR) is 100 cm³/mol. The maximum Gasteiger partial charge on any atom is 0.305 e. The minimum atomic E-state index is -0.236. The molecule has 0 aromatic rings. The van der Waals surface area contributed by atoms with Crippen LogP contribution in [0.25, 0.3) is 0 Å². The highest BCUT2D eigenvalue weighted by Gasteiger charge is 2.32. The third-order valence-corrected chi connectivity index (χ3v) is 5.29. The lowest BCUT2D eigenvalue weighted by atomic mass is 9.88. The molecule has 0 radical (unpaired) electrons. The molecule has 1 saturated carbocycles. The molecule has 3 unspecified atom stereocenters. The molecule has 1 fully saturated rings. The quantitative estimate of drug-likeness (QED) is 0.299. The van der Waals surface area contributed by atoms with E-state index >= 15 is 0 Å². The molecular weight excluding hydrogens is 316 g/mol. The van der Waals surface area contributed by atoms with Crippen molar-refractivity contribution in [3.63, 3.8) is 0 Å². The van der Waals surface area contributed by atoms with Gasteiger partial charge in [0.15, 0.2) is 5.78 Å². The summed E-state index contributed by atoms with van der Waals surface area (Å²) in [6.45, 7) is 2.14. The Morgan fingerprint density at radius 2 is 1.76 bits per heavy atom. The number of carbonyl (C=O) groups is 2. The summed E-state index contributed by atoms with van der Waals surface area (Å²) < 4.78 is 4.64. The molecule has 4 heteroatoms. The number of hydrogen-bond donors (Lipinski definition) is 1. The second-order valence-corrected chi connectivity index (χ2v) is 7.28. The average molecular weight is 353 g/mol. The van der Waals surface area contributed by atoms with E-state index in [1.807, 2.05) is 6.08 Å². The number of esters is 1. The van der Waals surface area contributed by atoms with Gasteiger partial charge in [0.25, 0.3) is 0 Å². The molecule has 0 amide bonds. The number of aliphatic hydroxyl groups excluding tert-OH is 1. The van der Waals surface area contributed by atoms with E-state index in [2.05, 4.69) is 11.7 Å². The van der Waals surface area contributed by atoms with Crippen LogP contribution in [0, 0.1) is 11.8 Å². The normalized spacial score (nSPS) is 23.2. The first-order chi connectivity index (χ1) is 12.1. The Balaban J connectivity index is 2.26. The number of rotatable bonds is 13. The summed E-state index contributed by atoms with van der Waals surface area (Å²) in [6.07, 6.45) is 14.8. The highest BCUT2D eigenvalue weighted by atomic mass is 16.5. The van der Waals surface area contributed by atoms with Gasteiger partial charge in [0.2, 0.25) is 0 Å². The molecule has 1 rings (SSSR count). The topological polar surface area (TPSA) is 63.6 Å². The smallest absolute Gasteiger partial charge is 0.305 e. The van der Waals surface area contributed by atoms with Crippen LogP contribution >= 0.6 is 0 Å². The molecule has 0 spiro atoms. The largest absolute Gasteiger partial charge is 0.469 e. The number of carbonyl (C=O) groups excluding carboxylic acids is 2. The van der Waals surface area contributed by atoms with E-state index in [4.69, 9.17) is 0 Å². The molecule has 0 heterocycles. The number of hydrogen-bond acceptors (Lipinski definition) is 4. The second kappa shape index (κ2) is 13.1. The van der Waals surface area contributed by atoms with Gasteiger partial charge in [-0.05, 0) is 50.0 Å². The van der Waals surface area contributed by atoms with E-state index in [0.29, 0.717) is 18.8 Å². The van der Waals surface area contributed by atoms with E-state index in [9.17, 15) is 14.7 Å². The molecule has 0 bridgehead atoms. The molecule has 1 N–H and O–H groups in total. The van der Waals surface area contributed by atoms with Crippen LogP contribution in [0.2, 0.25) is 0 Å². The van der Waals surface area contributed by atoms with E-state index in [0.717, 1.165) is 64.2 Å². The molecule has 0 saturated heterocycles. The molecule has 1 aliphatic rings. The van der Waals surface area contributed by atoms with Crippen LogP contribution in [-0.4, -0.2) is 30.1 Å². The van der Waals surface area contributed by atoms with Crippen molar-refractivity contribution < 1.29 is 19.4 Å². The van der Waals surface area contributed by atoms with Crippen molar-refractivity contribution in [1.29, 1.82) is 0 Å². The first-order valence-electron chi connectivity index (χ1n) is 10.0. The molecular formula is C21H36O4. The minimum absolute atomic E-state index is 0.139. The average Bonchev–Trinajstić information content (AvgIpc) is 2.96. The summed E-state index contributed by atoms with van der Waals surface area (Å²) in [6, 6.07) is 0. The SMILES string of the molecule is CCCCCC(=O)/C=C/C1CCC(O)C1CCCCCCC(=O)OC. The maximum absolute atomic E-state index is 11.9. The summed E-state index contributed by atoms with van der Waals surface area (Å²) in [4.78, 5) is 22.9. The van der Waals surface area contributed by atoms with Crippen LogP contribution in [0.5, 0.6) is 0 Å². The first kappa shape index (κ1) is 21.9. The molecule has 0 aromatic heterocycles. The predicted octanol–water partition coefficient (Wildman–Crippen LogP) is 4.59. The lowest BCUT2D eigenvalue weighted by Crippen LogP contribution is -2.18. The number of aliphatic hydroxyl groups is 1. The van der Waals surface area contributed by atoms with Crippen LogP contribution in [-0.2, 0) is 14.3 Å². The minimum Gasteiger partial charge on any atom is -0.469 e. The molecule has 1 aliphatic carbocycles. The Kier molecular flexibility index (Phi) is 11.5. The van der Waals surface area contributed by atoms with E-state index < -0.39 is 0 Å². The van der Waals surface area contributed by atoms with Crippen molar-refractivity contribution in [3.8, 4) is 0 Å². The van der Waals surface area contributed by atoms with Crippen molar-refractivity contribution in [1.82, 2.24) is 0 Å². The fourth-order valence-corrected chi connectivity index (χ4v) is 3.69. The van der Waals surface area contributed by atoms with Gasteiger partial charge in [-0.3, -0.25) is 9.59 Å². The number of allylic oxidation sites excluding steroid dienone is 2. The summed E-state index contributed by atoms with van der Waals surface area (Å²) in [5, 5.41) is 10.2. The Hall–Kier alpha value is -1.16. The number of ketones is 1. The van der Waals surface area contributed by atoms with Crippen LogP contribution in [0.3, 0.4) is 0 Å². The van der Waals surface area contributed by atoms with E-state index in [-0.39, 0.29) is 23.8 Å². The molecule has 25 heavy (non-hydrogen) atoms. The fourth-order valence-electron chi connectivity index (χ4n) is 3.69. The number of ether oxygens (including phenoxy) is 1. The Bertz CT molecular complexity index is 416. The zero-order valence-corrected chi connectivity index (χ0v) is 16.0. The van der Waals surface area contributed by atoms with Gasteiger partial charge in [-0.15, -0.1) is 0 Å². The Morgan fingerprint density at radius 3 is 2.48 bits per heavy atom. The Labute approximate surface area is 153 Å². The highest BCUT2D eigenvalue weighted by Crippen LogP contribution is 2.36. The molecule has 144 valence electrons. The van der Waals surface area contributed by atoms with Crippen molar-refractivity contribution in [2.45, 2.75) is 90.1 Å². The van der Waals surface area contributed by atoms with E-state index in [1.165, 1.54) is 7.11 Å². The fraction of sp³-hybridized carbons (Fsp3) is 0.810. The van der Waals surface area contributed by atoms with Crippen LogP contribution < -0.4 is 0 Å². The van der Waals surface area contributed by atoms with E-state index in [1.54, 1.807) is 6.08 Å². The van der Waals surface area contributed by atoms with Gasteiger partial charge in [0, 0.05) is 12.8 Å². The molecule has 4 nitrogen and oxygen atoms in total. The maximum atomic E-state index is 11.9. The third-order valence-electron chi connectivity index (χ3n) is 5.29. The van der Waals surface area contributed by atoms with Crippen LogP contribution in [0.4, 0.5) is 0 Å². The number of unbranched alkanes of at least 4 members (excludes halogenated alkanes) is 5. The van der Waals surface area contributed by atoms with Gasteiger partial charge < -0.3 is 9.84 Å². The van der Waals surface area contributed by atoms with Gasteiger partial charge in [0.1, 0.15) is 0 Å². The lowest BCUT2D eigenvalue weighted by molar-refractivity contribution is -0.140. The third kappa shape index (κ3) is 9.20.